The number of carbonyl (C=O) groups excluding carboxylic acids is 1. The molecule has 0 aliphatic carbocycles. The van der Waals surface area contributed by atoms with Crippen molar-refractivity contribution in [2.45, 2.75) is 37.8 Å². The van der Waals surface area contributed by atoms with E-state index < -0.39 is 0 Å². The topological polar surface area (TPSA) is 91.0 Å². The van der Waals surface area contributed by atoms with E-state index in [4.69, 9.17) is 28.4 Å². The maximum atomic E-state index is 13.7. The van der Waals surface area contributed by atoms with Gasteiger partial charge in [-0.3, -0.25) is 14.6 Å². The third kappa shape index (κ3) is 6.92. The lowest BCUT2D eigenvalue weighted by atomic mass is 9.86. The second-order valence-electron chi connectivity index (χ2n) is 14.4. The molecule has 284 valence electrons. The average molecular weight is 742 g/mol. The van der Waals surface area contributed by atoms with Crippen LogP contribution in [0, 0.1) is 0 Å². The molecule has 0 spiro atoms. The zero-order chi connectivity index (χ0) is 38.2. The first-order valence-corrected chi connectivity index (χ1v) is 18.7. The first kappa shape index (κ1) is 36.3. The van der Waals surface area contributed by atoms with Gasteiger partial charge in [-0.25, -0.2) is 0 Å². The lowest BCUT2D eigenvalue weighted by Gasteiger charge is -2.37. The molecule has 0 saturated heterocycles. The van der Waals surface area contributed by atoms with Crippen molar-refractivity contribution in [2.24, 2.45) is 0 Å². The number of amides is 1. The van der Waals surface area contributed by atoms with Gasteiger partial charge in [-0.1, -0.05) is 30.3 Å². The highest BCUT2D eigenvalue weighted by Gasteiger charge is 2.35. The van der Waals surface area contributed by atoms with E-state index in [1.165, 1.54) is 16.7 Å². The van der Waals surface area contributed by atoms with Gasteiger partial charge in [0.05, 0.1) is 28.4 Å². The third-order valence-electron chi connectivity index (χ3n) is 11.3. The fraction of sp³-hybridized carbons (Fsp3) is 0.311. The van der Waals surface area contributed by atoms with Crippen LogP contribution in [0.3, 0.4) is 0 Å². The van der Waals surface area contributed by atoms with Crippen LogP contribution >= 0.6 is 0 Å². The summed E-state index contributed by atoms with van der Waals surface area (Å²) >= 11 is 0. The van der Waals surface area contributed by atoms with E-state index in [0.29, 0.717) is 63.7 Å². The van der Waals surface area contributed by atoms with E-state index >= 15 is 0 Å². The van der Waals surface area contributed by atoms with Crippen LogP contribution in [0.4, 0.5) is 5.69 Å². The van der Waals surface area contributed by atoms with Gasteiger partial charge in [-0.15, -0.1) is 0 Å². The number of rotatable bonds is 6. The Morgan fingerprint density at radius 3 is 2.04 bits per heavy atom. The number of fused-ring (bicyclic) bond motifs is 2. The molecular formula is C45H47N3O7. The molecule has 5 aromatic rings. The van der Waals surface area contributed by atoms with E-state index in [1.54, 1.807) is 40.6 Å². The van der Waals surface area contributed by atoms with Crippen LogP contribution in [0.15, 0.2) is 84.9 Å². The number of hydrogen-bond acceptors (Lipinski definition) is 9. The van der Waals surface area contributed by atoms with E-state index in [-0.39, 0.29) is 18.0 Å². The van der Waals surface area contributed by atoms with Crippen molar-refractivity contribution < 1.29 is 33.2 Å². The molecule has 10 nitrogen and oxygen atoms in total. The fourth-order valence-corrected chi connectivity index (χ4v) is 8.24. The third-order valence-corrected chi connectivity index (χ3v) is 11.3. The van der Waals surface area contributed by atoms with E-state index in [0.717, 1.165) is 49.0 Å². The Morgan fingerprint density at radius 1 is 0.673 bits per heavy atom. The van der Waals surface area contributed by atoms with Crippen LogP contribution in [-0.4, -0.2) is 71.3 Å². The zero-order valence-corrected chi connectivity index (χ0v) is 32.2. The Balaban J connectivity index is 1.35. The Kier molecular flexibility index (Phi) is 10.0. The number of benzene rings is 5. The van der Waals surface area contributed by atoms with Crippen molar-refractivity contribution in [3.05, 3.63) is 124 Å². The molecule has 2 atom stereocenters. The highest BCUT2D eigenvalue weighted by molar-refractivity contribution is 6.04. The second-order valence-corrected chi connectivity index (χ2v) is 14.4. The molecule has 6 bridgehead atoms. The summed E-state index contributed by atoms with van der Waals surface area (Å²) in [6.45, 7) is 1.72. The van der Waals surface area contributed by atoms with Gasteiger partial charge in [0, 0.05) is 48.1 Å². The van der Waals surface area contributed by atoms with Crippen molar-refractivity contribution >= 4 is 11.6 Å². The van der Waals surface area contributed by atoms with Crippen LogP contribution in [-0.2, 0) is 25.7 Å². The van der Waals surface area contributed by atoms with Crippen LogP contribution in [0.1, 0.15) is 55.8 Å². The molecule has 10 heteroatoms. The minimum atomic E-state index is -0.223. The molecule has 0 unspecified atom stereocenters. The molecule has 4 heterocycles. The van der Waals surface area contributed by atoms with Crippen molar-refractivity contribution in [3.63, 3.8) is 0 Å². The number of anilines is 1. The Morgan fingerprint density at radius 2 is 1.33 bits per heavy atom. The minimum absolute atomic E-state index is 0.115. The van der Waals surface area contributed by atoms with Crippen LogP contribution in [0.5, 0.6) is 46.0 Å². The van der Waals surface area contributed by atoms with Gasteiger partial charge in [-0.2, -0.15) is 0 Å². The molecule has 0 aromatic heterocycles. The summed E-state index contributed by atoms with van der Waals surface area (Å²) in [4.78, 5) is 18.4. The maximum absolute atomic E-state index is 13.7. The highest BCUT2D eigenvalue weighted by atomic mass is 16.5. The molecule has 0 saturated carbocycles. The van der Waals surface area contributed by atoms with Crippen molar-refractivity contribution in [1.29, 1.82) is 0 Å². The van der Waals surface area contributed by atoms with E-state index in [1.807, 2.05) is 42.5 Å². The summed E-state index contributed by atoms with van der Waals surface area (Å²) in [5.74, 6) is 4.44. The molecule has 4 aliphatic rings. The van der Waals surface area contributed by atoms with Gasteiger partial charge in [0.15, 0.2) is 34.5 Å². The summed E-state index contributed by atoms with van der Waals surface area (Å²) in [6, 6.07) is 27.5. The molecule has 9 rings (SSSR count). The normalized spacial score (nSPS) is 17.8. The van der Waals surface area contributed by atoms with Crippen LogP contribution in [0.2, 0.25) is 0 Å². The molecule has 1 N–H and O–H groups in total. The second kappa shape index (κ2) is 15.2. The largest absolute Gasteiger partial charge is 0.493 e. The number of likely N-dealkylation sites (N-methyl/N-ethyl adjacent to an activating group) is 2. The van der Waals surface area contributed by atoms with Crippen LogP contribution in [0.25, 0.3) is 0 Å². The SMILES string of the molecule is COc1cc(NC(=O)c2ccccc2)c2cc1Oc1ccc(cc1)C[C@H]1c3cc(c(OC)cc3CCN1C)Oc1c(OC)c(OC)cc3c1[C@H](C2)N(C)CC3. The van der Waals surface area contributed by atoms with E-state index in [2.05, 4.69) is 59.5 Å². The maximum Gasteiger partial charge on any atom is 0.255 e. The first-order chi connectivity index (χ1) is 26.8. The molecule has 0 fully saturated rings. The molecule has 0 radical (unpaired) electrons. The summed E-state index contributed by atoms with van der Waals surface area (Å²) in [6.07, 6.45) is 2.97. The highest BCUT2D eigenvalue weighted by Crippen LogP contribution is 2.52. The molecule has 55 heavy (non-hydrogen) atoms. The molecule has 4 aliphatic heterocycles. The summed E-state index contributed by atoms with van der Waals surface area (Å²) in [5.41, 5.74) is 7.74. The number of hydrogen-bond donors (Lipinski definition) is 1. The number of nitrogens with zero attached hydrogens (tertiary/aromatic N) is 2. The van der Waals surface area contributed by atoms with Crippen molar-refractivity contribution in [3.8, 4) is 46.0 Å². The first-order valence-electron chi connectivity index (χ1n) is 18.7. The van der Waals surface area contributed by atoms with E-state index in [9.17, 15) is 4.79 Å². The smallest absolute Gasteiger partial charge is 0.255 e. The standard InChI is InChI=1S/C45H47N3O7/c1-47-18-16-29-22-37(50-3)40-25-33(29)35(47)20-27-12-14-32(15-13-27)54-39-24-31(34(26-38(39)51-4)46-45(49)28-10-8-7-9-11-28)21-36-42-30(17-19-48(36)2)23-41(52-5)43(53-6)44(42)55-40/h7-15,22-26,35-36H,16-21H2,1-6H3,(H,46,49)/t35-,36-/m0/s1. The zero-order valence-electron chi connectivity index (χ0n) is 32.2. The number of methoxy groups -OCH3 is 4. The molecule has 5 aromatic carbocycles. The molecule has 1 amide bonds. The Labute approximate surface area is 322 Å². The number of ether oxygens (including phenoxy) is 6. The lowest BCUT2D eigenvalue weighted by Crippen LogP contribution is -2.34. The quantitative estimate of drug-likeness (QED) is 0.184. The minimum Gasteiger partial charge on any atom is -0.493 e. The predicted octanol–water partition coefficient (Wildman–Crippen LogP) is 8.41. The van der Waals surface area contributed by atoms with Gasteiger partial charge in [0.25, 0.3) is 5.91 Å². The van der Waals surface area contributed by atoms with Gasteiger partial charge in [0.2, 0.25) is 5.75 Å². The summed E-state index contributed by atoms with van der Waals surface area (Å²) in [7, 11) is 10.9. The fourth-order valence-electron chi connectivity index (χ4n) is 8.24. The van der Waals surface area contributed by atoms with Gasteiger partial charge in [0.1, 0.15) is 5.75 Å². The van der Waals surface area contributed by atoms with Crippen LogP contribution < -0.4 is 33.7 Å². The summed E-state index contributed by atoms with van der Waals surface area (Å²) in [5, 5.41) is 3.19. The Hall–Kier alpha value is -5.71. The Bertz CT molecular complexity index is 2220. The number of nitrogens with one attached hydrogen (secondary N) is 1. The van der Waals surface area contributed by atoms with Gasteiger partial charge < -0.3 is 33.7 Å². The van der Waals surface area contributed by atoms with Gasteiger partial charge >= 0.3 is 0 Å². The van der Waals surface area contributed by atoms with Gasteiger partial charge in [-0.05, 0) is 116 Å². The predicted molar refractivity (Wildman–Crippen MR) is 212 cm³/mol. The monoisotopic (exact) mass is 741 g/mol. The lowest BCUT2D eigenvalue weighted by molar-refractivity contribution is 0.102. The van der Waals surface area contributed by atoms with Crippen molar-refractivity contribution in [2.75, 3.05) is 60.9 Å². The summed E-state index contributed by atoms with van der Waals surface area (Å²) < 4.78 is 37.7. The van der Waals surface area contributed by atoms with Crippen molar-refractivity contribution in [1.82, 2.24) is 9.80 Å². The number of carbonyl (C=O) groups is 1. The molecular weight excluding hydrogens is 695 g/mol. The average Bonchev–Trinajstić information content (AvgIpc) is 3.21.